The van der Waals surface area contributed by atoms with E-state index in [0.29, 0.717) is 68.1 Å². The lowest BCUT2D eigenvalue weighted by molar-refractivity contribution is -0.136. The van der Waals surface area contributed by atoms with E-state index >= 15 is 0 Å². The zero-order valence-corrected chi connectivity index (χ0v) is 41.8. The number of phenolic OH excluding ortho intramolecular Hbond substituents is 1. The van der Waals surface area contributed by atoms with Gasteiger partial charge in [-0.1, -0.05) is 105 Å². The number of rotatable bonds is 23. The van der Waals surface area contributed by atoms with Crippen LogP contribution in [0.3, 0.4) is 0 Å². The van der Waals surface area contributed by atoms with Gasteiger partial charge in [-0.25, -0.2) is 0 Å². The zero-order valence-electron chi connectivity index (χ0n) is 41.8. The highest BCUT2D eigenvalue weighted by atomic mass is 16.5. The SMILES string of the molecule is CCC1CCNCC1.CNC(c1ccccc1)c1cccc(OCc2ccc(C=O)cc2)c1.CNc1c(O)ccc(C(O)CNCCCN(CCCOC)C(=O)C2CCCCC2)c1/C=C\C=O.O=CO. The van der Waals surface area contributed by atoms with Gasteiger partial charge in [0, 0.05) is 57.4 Å². The van der Waals surface area contributed by atoms with Crippen molar-refractivity contribution in [2.45, 2.75) is 89.9 Å². The lowest BCUT2D eigenvalue weighted by atomic mass is 9.88. The van der Waals surface area contributed by atoms with Crippen LogP contribution in [0.2, 0.25) is 0 Å². The van der Waals surface area contributed by atoms with Crippen LogP contribution in [0.4, 0.5) is 5.69 Å². The Morgan fingerprint density at radius 1 is 0.871 bits per heavy atom. The second kappa shape index (κ2) is 35.2. The van der Waals surface area contributed by atoms with E-state index in [9.17, 15) is 24.6 Å². The topological polar surface area (TPSA) is 199 Å². The largest absolute Gasteiger partial charge is 0.506 e. The van der Waals surface area contributed by atoms with Crippen molar-refractivity contribution in [3.8, 4) is 11.5 Å². The number of aromatic hydroxyl groups is 1. The number of carbonyl (C=O) groups is 4. The summed E-state index contributed by atoms with van der Waals surface area (Å²) in [5, 5.41) is 40.6. The standard InChI is InChI=1S/C26H41N3O5.C22H21NO2.C7H15N.CH2O2/c1-27-25-22(11-6-17-30)21(12-13-23(25)31)24(32)19-28-14-7-15-29(16-8-18-34-2)26(33)20-9-4-3-5-10-20;1-23-22(19-6-3-2-4-7-19)20-8-5-9-21(14-20)25-16-18-12-10-17(15-24)11-13-18;1-2-7-3-5-8-6-4-7;2-1-3/h6,11-13,17,20,24,27-28,31-32H,3-5,7-10,14-16,18-19H2,1-2H3;2-15,22-23H,16H2,1H3;7-8H,2-6H2,1H3;1H,(H,2,3)/b11-6-;;;. The second-order valence-corrected chi connectivity index (χ2v) is 17.3. The molecule has 382 valence electrons. The van der Waals surface area contributed by atoms with E-state index in [4.69, 9.17) is 19.4 Å². The van der Waals surface area contributed by atoms with Crippen LogP contribution < -0.4 is 26.0 Å². The highest BCUT2D eigenvalue weighted by Gasteiger charge is 2.26. The minimum Gasteiger partial charge on any atom is -0.506 e. The molecule has 0 radical (unpaired) electrons. The molecule has 6 rings (SSSR count). The minimum atomic E-state index is -0.819. The monoisotopic (exact) mass is 966 g/mol. The average Bonchev–Trinajstić information content (AvgIpc) is 3.40. The van der Waals surface area contributed by atoms with Crippen LogP contribution in [-0.2, 0) is 25.7 Å². The average molecular weight is 966 g/mol. The number of methoxy groups -OCH3 is 1. The number of amides is 1. The normalized spacial score (nSPS) is 14.5. The Morgan fingerprint density at radius 2 is 1.56 bits per heavy atom. The van der Waals surface area contributed by atoms with E-state index in [-0.39, 0.29) is 30.1 Å². The summed E-state index contributed by atoms with van der Waals surface area (Å²) >= 11 is 0. The molecule has 1 amide bonds. The van der Waals surface area contributed by atoms with E-state index in [0.717, 1.165) is 67.6 Å². The van der Waals surface area contributed by atoms with E-state index < -0.39 is 6.10 Å². The van der Waals surface area contributed by atoms with Gasteiger partial charge >= 0.3 is 0 Å². The van der Waals surface area contributed by atoms with Crippen LogP contribution in [0.25, 0.3) is 6.08 Å². The third-order valence-corrected chi connectivity index (χ3v) is 12.5. The molecule has 2 fully saturated rings. The van der Waals surface area contributed by atoms with Crippen LogP contribution in [0, 0.1) is 11.8 Å². The smallest absolute Gasteiger partial charge is 0.290 e. The van der Waals surface area contributed by atoms with E-state index in [1.165, 1.54) is 56.5 Å². The summed E-state index contributed by atoms with van der Waals surface area (Å²) in [7, 11) is 5.31. The maximum absolute atomic E-state index is 13.0. The fourth-order valence-corrected chi connectivity index (χ4v) is 8.68. The summed E-state index contributed by atoms with van der Waals surface area (Å²) in [5.41, 5.74) is 5.72. The van der Waals surface area contributed by atoms with Gasteiger partial charge in [-0.2, -0.15) is 0 Å². The Labute approximate surface area is 416 Å². The summed E-state index contributed by atoms with van der Waals surface area (Å²) in [4.78, 5) is 44.9. The molecule has 7 N–H and O–H groups in total. The third kappa shape index (κ3) is 21.0. The molecular weight excluding hydrogens is 887 g/mol. The van der Waals surface area contributed by atoms with Gasteiger partial charge in [-0.05, 0) is 124 Å². The number of anilines is 1. The van der Waals surface area contributed by atoms with E-state index in [1.54, 1.807) is 38.4 Å². The Kier molecular flexibility index (Phi) is 29.4. The van der Waals surface area contributed by atoms with Crippen LogP contribution in [0.5, 0.6) is 11.5 Å². The first-order valence-corrected chi connectivity index (χ1v) is 24.8. The van der Waals surface area contributed by atoms with Crippen molar-refractivity contribution in [1.82, 2.24) is 20.9 Å². The van der Waals surface area contributed by atoms with Crippen molar-refractivity contribution in [2.75, 3.05) is 72.4 Å². The second-order valence-electron chi connectivity index (χ2n) is 17.3. The number of hydrogen-bond acceptors (Lipinski definition) is 12. The predicted molar refractivity (Wildman–Crippen MR) is 279 cm³/mol. The predicted octanol–water partition coefficient (Wildman–Crippen LogP) is 8.59. The summed E-state index contributed by atoms with van der Waals surface area (Å²) in [6.45, 7) is 8.01. The molecule has 70 heavy (non-hydrogen) atoms. The molecule has 4 aromatic carbocycles. The molecule has 0 aromatic heterocycles. The Bertz CT molecular complexity index is 2090. The molecule has 1 heterocycles. The van der Waals surface area contributed by atoms with Crippen LogP contribution in [0.1, 0.15) is 121 Å². The number of hydrogen-bond donors (Lipinski definition) is 7. The fourth-order valence-electron chi connectivity index (χ4n) is 8.68. The molecular formula is C56H79N5O9. The van der Waals surface area contributed by atoms with Crippen molar-refractivity contribution in [3.63, 3.8) is 0 Å². The molecule has 14 nitrogen and oxygen atoms in total. The first-order valence-electron chi connectivity index (χ1n) is 24.8. The Balaban J connectivity index is 0.000000312. The van der Waals surface area contributed by atoms with Crippen molar-refractivity contribution in [1.29, 1.82) is 0 Å². The van der Waals surface area contributed by atoms with Crippen molar-refractivity contribution < 1.29 is 44.0 Å². The maximum atomic E-state index is 13.0. The van der Waals surface area contributed by atoms with Crippen LogP contribution >= 0.6 is 0 Å². The van der Waals surface area contributed by atoms with Gasteiger partial charge in [0.15, 0.2) is 0 Å². The van der Waals surface area contributed by atoms with Gasteiger partial charge in [0.1, 0.15) is 30.7 Å². The molecule has 4 aromatic rings. The van der Waals surface area contributed by atoms with Crippen LogP contribution in [-0.4, -0.2) is 112 Å². The van der Waals surface area contributed by atoms with Gasteiger partial charge in [-0.15, -0.1) is 0 Å². The lowest BCUT2D eigenvalue weighted by Gasteiger charge is -2.29. The van der Waals surface area contributed by atoms with E-state index in [2.05, 4.69) is 52.5 Å². The number of nitrogens with one attached hydrogen (secondary N) is 4. The maximum Gasteiger partial charge on any atom is 0.290 e. The first-order chi connectivity index (χ1) is 34.2. The molecule has 0 spiro atoms. The van der Waals surface area contributed by atoms with E-state index in [1.807, 2.05) is 54.4 Å². The van der Waals surface area contributed by atoms with Gasteiger partial charge < -0.3 is 51.0 Å². The Hall–Kier alpha value is -5.90. The van der Waals surface area contributed by atoms with Gasteiger partial charge in [-0.3, -0.25) is 19.2 Å². The molecule has 1 saturated carbocycles. The number of piperidine rings is 1. The number of nitrogens with zero attached hydrogens (tertiary/aromatic N) is 1. The Morgan fingerprint density at radius 3 is 2.17 bits per heavy atom. The molecule has 1 aliphatic heterocycles. The molecule has 1 aliphatic carbocycles. The van der Waals surface area contributed by atoms with Crippen molar-refractivity contribution in [2.24, 2.45) is 11.8 Å². The number of aliphatic hydroxyl groups is 1. The summed E-state index contributed by atoms with van der Waals surface area (Å²) in [5.74, 6) is 2.32. The van der Waals surface area contributed by atoms with Crippen LogP contribution in [0.15, 0.2) is 97.1 Å². The van der Waals surface area contributed by atoms with Crippen molar-refractivity contribution in [3.05, 3.63) is 130 Å². The minimum absolute atomic E-state index is 0.0492. The van der Waals surface area contributed by atoms with Gasteiger partial charge in [0.2, 0.25) is 5.91 Å². The molecule has 1 saturated heterocycles. The van der Waals surface area contributed by atoms with Gasteiger partial charge in [0.25, 0.3) is 6.47 Å². The molecule has 2 atom stereocenters. The fraction of sp³-hybridized carbons (Fsp3) is 0.464. The quantitative estimate of drug-likeness (QED) is 0.0162. The number of aldehydes is 2. The molecule has 2 aliphatic rings. The number of benzene rings is 4. The number of carbonyl (C=O) groups excluding carboxylic acids is 3. The van der Waals surface area contributed by atoms with Crippen molar-refractivity contribution >= 4 is 36.7 Å². The molecule has 0 bridgehead atoms. The van der Waals surface area contributed by atoms with Gasteiger partial charge in [0.05, 0.1) is 17.8 Å². The number of ether oxygens (including phenoxy) is 2. The number of carboxylic acid groups (broad SMARTS) is 1. The number of aliphatic hydroxyl groups excluding tert-OH is 1. The zero-order chi connectivity index (χ0) is 50.8. The summed E-state index contributed by atoms with van der Waals surface area (Å²) in [6, 6.07) is 29.2. The third-order valence-electron chi connectivity index (χ3n) is 12.5. The molecule has 2 unspecified atom stereocenters. The lowest BCUT2D eigenvalue weighted by Crippen LogP contribution is -2.39. The summed E-state index contributed by atoms with van der Waals surface area (Å²) < 4.78 is 11.1. The highest BCUT2D eigenvalue weighted by Crippen LogP contribution is 2.34. The molecule has 14 heteroatoms. The summed E-state index contributed by atoms with van der Waals surface area (Å²) in [6.07, 6.45) is 14.9. The highest BCUT2D eigenvalue weighted by molar-refractivity contribution is 5.82. The first kappa shape index (κ1) is 58.4. The number of allylic oxidation sites excluding steroid dienone is 1. The number of phenols is 1.